The van der Waals surface area contributed by atoms with Gasteiger partial charge in [-0.15, -0.1) is 0 Å². The molecule has 0 atom stereocenters. The molecule has 0 bridgehead atoms. The molecular formula is C29H46N4O3. The molecule has 0 aliphatic heterocycles. The van der Waals surface area contributed by atoms with Crippen LogP contribution >= 0.6 is 0 Å². The number of carbonyl (C=O) groups excluding carboxylic acids is 2. The van der Waals surface area contributed by atoms with Gasteiger partial charge >= 0.3 is 5.97 Å². The molecule has 200 valence electrons. The zero-order valence-electron chi connectivity index (χ0n) is 23.1. The summed E-state index contributed by atoms with van der Waals surface area (Å²) >= 11 is 0. The van der Waals surface area contributed by atoms with E-state index in [-0.39, 0.29) is 18.4 Å². The number of methoxy groups -OCH3 is 1. The summed E-state index contributed by atoms with van der Waals surface area (Å²) in [7, 11) is 1.39. The summed E-state index contributed by atoms with van der Waals surface area (Å²) in [6.07, 6.45) is 11.8. The first-order valence-electron chi connectivity index (χ1n) is 13.9. The summed E-state index contributed by atoms with van der Waals surface area (Å²) in [5, 5.41) is 3.18. The second kappa shape index (κ2) is 13.1. The van der Waals surface area contributed by atoms with Crippen molar-refractivity contribution in [3.8, 4) is 0 Å². The van der Waals surface area contributed by atoms with E-state index in [4.69, 9.17) is 9.72 Å². The Kier molecular flexibility index (Phi) is 10.2. The number of amides is 1. The predicted octanol–water partition coefficient (Wildman–Crippen LogP) is 5.91. The van der Waals surface area contributed by atoms with Crippen molar-refractivity contribution in [3.05, 3.63) is 23.8 Å². The summed E-state index contributed by atoms with van der Waals surface area (Å²) < 4.78 is 7.00. The molecule has 0 unspecified atom stereocenters. The summed E-state index contributed by atoms with van der Waals surface area (Å²) in [5.41, 5.74) is 2.20. The van der Waals surface area contributed by atoms with Crippen molar-refractivity contribution in [1.29, 1.82) is 0 Å². The maximum Gasteiger partial charge on any atom is 0.325 e. The smallest absolute Gasteiger partial charge is 0.325 e. The number of anilines is 1. The largest absolute Gasteiger partial charge is 0.468 e. The van der Waals surface area contributed by atoms with E-state index < -0.39 is 5.41 Å². The zero-order valence-corrected chi connectivity index (χ0v) is 23.1. The number of aromatic nitrogens is 2. The van der Waals surface area contributed by atoms with Crippen LogP contribution in [0.15, 0.2) is 18.2 Å². The van der Waals surface area contributed by atoms with Gasteiger partial charge in [-0.2, -0.15) is 0 Å². The Hall–Kier alpha value is -2.57. The topological polar surface area (TPSA) is 76.5 Å². The standard InChI is InChI=1S/C29H46N4O3/c1-6-32(7-2)27(35)29(3,4)23-17-18-24-25(20-23)33(28(31-24)30-21-26(34)36-5)19-13-16-22-14-11-9-8-10-12-15-22/h17-18,20,22H,6-16,19,21H2,1-5H3,(H,30,31). The molecular weight excluding hydrogens is 452 g/mol. The van der Waals surface area contributed by atoms with Crippen molar-refractivity contribution in [2.24, 2.45) is 5.92 Å². The first-order valence-corrected chi connectivity index (χ1v) is 13.9. The van der Waals surface area contributed by atoms with Crippen molar-refractivity contribution in [1.82, 2.24) is 14.5 Å². The van der Waals surface area contributed by atoms with Crippen LogP contribution in [0.1, 0.15) is 91.0 Å². The van der Waals surface area contributed by atoms with E-state index in [1.165, 1.54) is 58.5 Å². The van der Waals surface area contributed by atoms with Crippen LogP contribution < -0.4 is 5.32 Å². The SMILES string of the molecule is CCN(CC)C(=O)C(C)(C)c1ccc2nc(NCC(=O)OC)n(CCCC3CCCCCCC3)c2c1. The second-order valence-electron chi connectivity index (χ2n) is 10.7. The fraction of sp³-hybridized carbons (Fsp3) is 0.690. The van der Waals surface area contributed by atoms with Crippen molar-refractivity contribution < 1.29 is 14.3 Å². The van der Waals surface area contributed by atoms with Crippen LogP contribution in [0.4, 0.5) is 5.95 Å². The van der Waals surface area contributed by atoms with Gasteiger partial charge in [0.05, 0.1) is 23.6 Å². The highest BCUT2D eigenvalue weighted by atomic mass is 16.5. The Morgan fingerprint density at radius 2 is 1.78 bits per heavy atom. The third-order valence-corrected chi connectivity index (χ3v) is 7.89. The van der Waals surface area contributed by atoms with Crippen molar-refractivity contribution in [2.75, 3.05) is 32.1 Å². The lowest BCUT2D eigenvalue weighted by atomic mass is 9.83. The Bertz CT molecular complexity index is 1000. The highest BCUT2D eigenvalue weighted by Crippen LogP contribution is 2.31. The van der Waals surface area contributed by atoms with Crippen LogP contribution in [0, 0.1) is 5.92 Å². The number of benzene rings is 1. The molecule has 1 N–H and O–H groups in total. The van der Waals surface area contributed by atoms with Gasteiger partial charge in [0.1, 0.15) is 6.54 Å². The lowest BCUT2D eigenvalue weighted by Crippen LogP contribution is -2.43. The maximum absolute atomic E-state index is 13.3. The molecule has 7 heteroatoms. The number of hydrogen-bond donors (Lipinski definition) is 1. The van der Waals surface area contributed by atoms with E-state index in [0.29, 0.717) is 19.0 Å². The summed E-state index contributed by atoms with van der Waals surface area (Å²) in [6, 6.07) is 6.12. The monoisotopic (exact) mass is 498 g/mol. The van der Waals surface area contributed by atoms with Crippen LogP contribution in [0.2, 0.25) is 0 Å². The quantitative estimate of drug-likeness (QED) is 0.390. The Balaban J connectivity index is 1.87. The number of hydrogen-bond acceptors (Lipinski definition) is 5. The van der Waals surface area contributed by atoms with E-state index in [1.54, 1.807) is 0 Å². The van der Waals surface area contributed by atoms with Gasteiger partial charge in [0.15, 0.2) is 0 Å². The molecule has 1 fully saturated rings. The number of aryl methyl sites for hydroxylation is 1. The first kappa shape index (κ1) is 28.0. The maximum atomic E-state index is 13.3. The number of nitrogens with zero attached hydrogens (tertiary/aromatic N) is 3. The van der Waals surface area contributed by atoms with Crippen LogP contribution in [-0.4, -0.2) is 53.1 Å². The van der Waals surface area contributed by atoms with E-state index in [1.807, 2.05) is 44.7 Å². The number of nitrogens with one attached hydrogen (secondary N) is 1. The van der Waals surface area contributed by atoms with Crippen LogP contribution in [0.5, 0.6) is 0 Å². The normalized spacial score (nSPS) is 15.4. The minimum Gasteiger partial charge on any atom is -0.468 e. The molecule has 1 aromatic carbocycles. The molecule has 36 heavy (non-hydrogen) atoms. The van der Waals surface area contributed by atoms with Crippen LogP contribution in [-0.2, 0) is 26.3 Å². The van der Waals surface area contributed by atoms with Gasteiger partial charge in [-0.3, -0.25) is 9.59 Å². The lowest BCUT2D eigenvalue weighted by molar-refractivity contribution is -0.138. The predicted molar refractivity (Wildman–Crippen MR) is 146 cm³/mol. The molecule has 2 aromatic rings. The molecule has 0 radical (unpaired) electrons. The first-order chi connectivity index (χ1) is 17.3. The minimum absolute atomic E-state index is 0.0707. The van der Waals surface area contributed by atoms with Gasteiger partial charge in [-0.25, -0.2) is 4.98 Å². The third-order valence-electron chi connectivity index (χ3n) is 7.89. The van der Waals surface area contributed by atoms with Crippen molar-refractivity contribution >= 4 is 28.9 Å². The lowest BCUT2D eigenvalue weighted by Gasteiger charge is -2.31. The molecule has 0 spiro atoms. The molecule has 1 aliphatic rings. The van der Waals surface area contributed by atoms with Gasteiger partial charge in [0, 0.05) is 19.6 Å². The van der Waals surface area contributed by atoms with Crippen LogP contribution in [0.3, 0.4) is 0 Å². The Morgan fingerprint density at radius 3 is 2.42 bits per heavy atom. The summed E-state index contributed by atoms with van der Waals surface area (Å²) in [4.78, 5) is 31.8. The number of carbonyl (C=O) groups is 2. The van der Waals surface area contributed by atoms with Crippen molar-refractivity contribution in [2.45, 2.75) is 97.4 Å². The summed E-state index contributed by atoms with van der Waals surface area (Å²) in [5.74, 6) is 1.28. The van der Waals surface area contributed by atoms with Crippen molar-refractivity contribution in [3.63, 3.8) is 0 Å². The fourth-order valence-electron chi connectivity index (χ4n) is 5.49. The number of imidazole rings is 1. The van der Waals surface area contributed by atoms with E-state index in [9.17, 15) is 9.59 Å². The average Bonchev–Trinajstić information content (AvgIpc) is 3.21. The van der Waals surface area contributed by atoms with Gasteiger partial charge in [0.25, 0.3) is 0 Å². The molecule has 3 rings (SSSR count). The fourth-order valence-corrected chi connectivity index (χ4v) is 5.49. The molecule has 1 saturated carbocycles. The number of rotatable bonds is 11. The summed E-state index contributed by atoms with van der Waals surface area (Å²) in [6.45, 7) is 10.3. The number of ether oxygens (including phenoxy) is 1. The van der Waals surface area contributed by atoms with Gasteiger partial charge < -0.3 is 19.5 Å². The number of esters is 1. The highest BCUT2D eigenvalue weighted by Gasteiger charge is 2.33. The molecule has 1 aliphatic carbocycles. The second-order valence-corrected chi connectivity index (χ2v) is 10.7. The minimum atomic E-state index is -0.645. The zero-order chi connectivity index (χ0) is 26.1. The van der Waals surface area contributed by atoms with E-state index >= 15 is 0 Å². The number of fused-ring (bicyclic) bond motifs is 1. The van der Waals surface area contributed by atoms with E-state index in [0.717, 1.165) is 35.5 Å². The van der Waals surface area contributed by atoms with Gasteiger partial charge in [0.2, 0.25) is 11.9 Å². The number of likely N-dealkylation sites (N-methyl/N-ethyl adjacent to an activating group) is 1. The van der Waals surface area contributed by atoms with Crippen LogP contribution in [0.25, 0.3) is 11.0 Å². The highest BCUT2D eigenvalue weighted by molar-refractivity contribution is 5.89. The van der Waals surface area contributed by atoms with Gasteiger partial charge in [-0.05, 0) is 64.2 Å². The Morgan fingerprint density at radius 1 is 1.11 bits per heavy atom. The Labute approximate surface area is 217 Å². The molecule has 1 heterocycles. The average molecular weight is 499 g/mol. The molecule has 1 aromatic heterocycles. The van der Waals surface area contributed by atoms with Gasteiger partial charge in [-0.1, -0.05) is 51.0 Å². The molecule has 7 nitrogen and oxygen atoms in total. The third kappa shape index (κ3) is 6.80. The van der Waals surface area contributed by atoms with E-state index in [2.05, 4.69) is 16.0 Å². The molecule has 1 amide bonds. The molecule has 0 saturated heterocycles.